The summed E-state index contributed by atoms with van der Waals surface area (Å²) in [6.07, 6.45) is 4.42. The zero-order chi connectivity index (χ0) is 11.3. The maximum absolute atomic E-state index is 11.8. The predicted molar refractivity (Wildman–Crippen MR) is 69.7 cm³/mol. The van der Waals surface area contributed by atoms with E-state index in [4.69, 9.17) is 11.6 Å². The van der Waals surface area contributed by atoms with Crippen LogP contribution >= 0.6 is 35.1 Å². The van der Waals surface area contributed by atoms with Gasteiger partial charge in [0, 0.05) is 27.7 Å². The molecule has 0 unspecified atom stereocenters. The van der Waals surface area contributed by atoms with Gasteiger partial charge in [-0.25, -0.2) is 0 Å². The van der Waals surface area contributed by atoms with Crippen LogP contribution in [0.2, 0.25) is 0 Å². The van der Waals surface area contributed by atoms with Gasteiger partial charge in [-0.05, 0) is 18.6 Å². The van der Waals surface area contributed by atoms with Crippen molar-refractivity contribution in [2.24, 2.45) is 0 Å². The zero-order valence-corrected chi connectivity index (χ0v) is 11.1. The van der Waals surface area contributed by atoms with Gasteiger partial charge in [-0.15, -0.1) is 35.1 Å². The normalized spacial score (nSPS) is 10.3. The first-order valence-corrected chi connectivity index (χ1v) is 7.53. The Kier molecular flexibility index (Phi) is 5.58. The van der Waals surface area contributed by atoms with Crippen LogP contribution in [-0.4, -0.2) is 24.2 Å². The molecule has 0 aliphatic carbocycles. The van der Waals surface area contributed by atoms with Crippen molar-refractivity contribution >= 4 is 40.9 Å². The molecular weight excluding hydrogens is 248 g/mol. The highest BCUT2D eigenvalue weighted by Crippen LogP contribution is 2.31. The molecule has 0 aliphatic heterocycles. The van der Waals surface area contributed by atoms with Crippen LogP contribution in [0.25, 0.3) is 0 Å². The van der Waals surface area contributed by atoms with Gasteiger partial charge in [0.15, 0.2) is 5.78 Å². The number of rotatable bonds is 5. The molecule has 0 N–H and O–H groups in total. The van der Waals surface area contributed by atoms with Gasteiger partial charge >= 0.3 is 0 Å². The van der Waals surface area contributed by atoms with Crippen LogP contribution in [0.5, 0.6) is 0 Å². The molecule has 0 bridgehead atoms. The van der Waals surface area contributed by atoms with Crippen LogP contribution in [0.3, 0.4) is 0 Å². The largest absolute Gasteiger partial charge is 0.294 e. The van der Waals surface area contributed by atoms with Crippen LogP contribution in [0.4, 0.5) is 0 Å². The third kappa shape index (κ3) is 3.16. The molecule has 1 nitrogen and oxygen atoms in total. The third-order valence-electron chi connectivity index (χ3n) is 2.02. The average Bonchev–Trinajstić information content (AvgIpc) is 2.28. The Hall–Kier alpha value is -0.120. The van der Waals surface area contributed by atoms with Gasteiger partial charge in [-0.2, -0.15) is 0 Å². The van der Waals surface area contributed by atoms with Crippen molar-refractivity contribution in [2.45, 2.75) is 16.2 Å². The molecule has 0 amide bonds. The molecule has 1 aromatic carbocycles. The van der Waals surface area contributed by atoms with Crippen molar-refractivity contribution in [3.63, 3.8) is 0 Å². The molecule has 0 atom stereocenters. The monoisotopic (exact) mass is 260 g/mol. The number of carbonyl (C=O) groups excluding carboxylic acids is 1. The maximum Gasteiger partial charge on any atom is 0.165 e. The highest BCUT2D eigenvalue weighted by Gasteiger charge is 2.12. The summed E-state index contributed by atoms with van der Waals surface area (Å²) in [5.41, 5.74) is 0.801. The fourth-order valence-electron chi connectivity index (χ4n) is 1.33. The second-order valence-electron chi connectivity index (χ2n) is 2.90. The van der Waals surface area contributed by atoms with E-state index in [2.05, 4.69) is 0 Å². The van der Waals surface area contributed by atoms with Crippen LogP contribution < -0.4 is 0 Å². The fourth-order valence-corrected chi connectivity index (χ4v) is 3.18. The topological polar surface area (TPSA) is 17.1 Å². The average molecular weight is 261 g/mol. The lowest BCUT2D eigenvalue weighted by Gasteiger charge is -2.09. The quantitative estimate of drug-likeness (QED) is 0.453. The van der Waals surface area contributed by atoms with E-state index >= 15 is 0 Å². The molecule has 4 heteroatoms. The first-order chi connectivity index (χ1) is 7.24. The number of alkyl halides is 1. The van der Waals surface area contributed by atoms with Crippen molar-refractivity contribution in [2.75, 3.05) is 18.4 Å². The van der Waals surface area contributed by atoms with Crippen molar-refractivity contribution in [1.29, 1.82) is 0 Å². The Morgan fingerprint density at radius 1 is 1.33 bits per heavy atom. The Morgan fingerprint density at radius 2 is 2.07 bits per heavy atom. The van der Waals surface area contributed by atoms with Crippen molar-refractivity contribution in [1.82, 2.24) is 0 Å². The lowest BCUT2D eigenvalue weighted by atomic mass is 10.1. The summed E-state index contributed by atoms with van der Waals surface area (Å²) in [5.74, 6) is 0.515. The van der Waals surface area contributed by atoms with E-state index in [0.29, 0.717) is 12.3 Å². The summed E-state index contributed by atoms with van der Waals surface area (Å²) in [7, 11) is 0. The Morgan fingerprint density at radius 3 is 2.60 bits per heavy atom. The summed E-state index contributed by atoms with van der Waals surface area (Å²) in [4.78, 5) is 14.0. The lowest BCUT2D eigenvalue weighted by molar-refractivity contribution is 0.0986. The van der Waals surface area contributed by atoms with E-state index < -0.39 is 0 Å². The molecule has 15 heavy (non-hydrogen) atoms. The number of ketones is 1. The number of halogens is 1. The summed E-state index contributed by atoms with van der Waals surface area (Å²) in [6.45, 7) is 0. The molecule has 0 radical (unpaired) electrons. The van der Waals surface area contributed by atoms with Crippen LogP contribution in [0, 0.1) is 0 Å². The highest BCUT2D eigenvalue weighted by molar-refractivity contribution is 8.01. The van der Waals surface area contributed by atoms with Gasteiger partial charge in [0.05, 0.1) is 0 Å². The molecule has 0 aliphatic rings. The predicted octanol–water partition coefficient (Wildman–Crippen LogP) is 3.94. The van der Waals surface area contributed by atoms with Crippen molar-refractivity contribution < 1.29 is 4.79 Å². The van der Waals surface area contributed by atoms with Crippen LogP contribution in [0.15, 0.2) is 28.0 Å². The number of carbonyl (C=O) groups is 1. The molecule has 1 rings (SSSR count). The molecule has 0 spiro atoms. The van der Waals surface area contributed by atoms with E-state index in [1.54, 1.807) is 23.5 Å². The summed E-state index contributed by atoms with van der Waals surface area (Å²) < 4.78 is 0. The maximum atomic E-state index is 11.8. The standard InChI is InChI=1S/C11H13ClOS2/c1-14-10-5-3-4-8(11(10)15-2)9(13)6-7-12/h3-5H,6-7H2,1-2H3. The minimum Gasteiger partial charge on any atom is -0.294 e. The van der Waals surface area contributed by atoms with Gasteiger partial charge in [0.2, 0.25) is 0 Å². The fraction of sp³-hybridized carbons (Fsp3) is 0.364. The smallest absolute Gasteiger partial charge is 0.165 e. The summed E-state index contributed by atoms with van der Waals surface area (Å²) >= 11 is 8.86. The van der Waals surface area contributed by atoms with Crippen LogP contribution in [0.1, 0.15) is 16.8 Å². The minimum atomic E-state index is 0.130. The van der Waals surface area contributed by atoms with Gasteiger partial charge in [-0.1, -0.05) is 12.1 Å². The molecule has 0 aromatic heterocycles. The van der Waals surface area contributed by atoms with Gasteiger partial charge in [-0.3, -0.25) is 4.79 Å². The van der Waals surface area contributed by atoms with Crippen molar-refractivity contribution in [3.05, 3.63) is 23.8 Å². The second kappa shape index (κ2) is 6.46. The number of benzene rings is 1. The zero-order valence-electron chi connectivity index (χ0n) is 8.75. The Labute approximate surface area is 104 Å². The van der Waals surface area contributed by atoms with Gasteiger partial charge < -0.3 is 0 Å². The van der Waals surface area contributed by atoms with Crippen LogP contribution in [-0.2, 0) is 0 Å². The summed E-state index contributed by atoms with van der Waals surface area (Å²) in [6, 6.07) is 5.83. The highest BCUT2D eigenvalue weighted by atomic mass is 35.5. The molecule has 1 aromatic rings. The minimum absolute atomic E-state index is 0.130. The molecule has 82 valence electrons. The first-order valence-electron chi connectivity index (χ1n) is 4.54. The number of hydrogen-bond acceptors (Lipinski definition) is 3. The molecule has 0 saturated heterocycles. The van der Waals surface area contributed by atoms with E-state index in [-0.39, 0.29) is 5.78 Å². The van der Waals surface area contributed by atoms with E-state index in [1.807, 2.05) is 30.7 Å². The molecular formula is C11H13ClOS2. The second-order valence-corrected chi connectivity index (χ2v) is 4.95. The lowest BCUT2D eigenvalue weighted by Crippen LogP contribution is -2.02. The van der Waals surface area contributed by atoms with E-state index in [9.17, 15) is 4.79 Å². The SMILES string of the molecule is CSc1cccc(C(=O)CCCl)c1SC. The molecule has 0 saturated carbocycles. The van der Waals surface area contributed by atoms with Gasteiger partial charge in [0.1, 0.15) is 0 Å². The molecule has 0 fully saturated rings. The Balaban J connectivity index is 3.11. The third-order valence-corrected chi connectivity index (χ3v) is 3.97. The van der Waals surface area contributed by atoms with E-state index in [0.717, 1.165) is 15.4 Å². The number of hydrogen-bond donors (Lipinski definition) is 0. The number of Topliss-reactive ketones (excluding diaryl/α,β-unsaturated/α-hetero) is 1. The van der Waals surface area contributed by atoms with Gasteiger partial charge in [0.25, 0.3) is 0 Å². The first kappa shape index (κ1) is 12.9. The number of thioether (sulfide) groups is 2. The Bertz CT molecular complexity index is 352. The van der Waals surface area contributed by atoms with Crippen molar-refractivity contribution in [3.8, 4) is 0 Å². The summed E-state index contributed by atoms with van der Waals surface area (Å²) in [5, 5.41) is 0. The molecule has 0 heterocycles. The van der Waals surface area contributed by atoms with E-state index in [1.165, 1.54) is 0 Å².